The highest BCUT2D eigenvalue weighted by molar-refractivity contribution is 5.94. The van der Waals surface area contributed by atoms with Crippen LogP contribution < -0.4 is 0 Å². The maximum Gasteiger partial charge on any atom is 0.211 e. The van der Waals surface area contributed by atoms with Crippen molar-refractivity contribution in [3.63, 3.8) is 0 Å². The van der Waals surface area contributed by atoms with Crippen LogP contribution in [0.3, 0.4) is 0 Å². The van der Waals surface area contributed by atoms with Crippen LogP contribution in [0, 0.1) is 5.92 Å². The molecule has 0 saturated carbocycles. The van der Waals surface area contributed by atoms with Gasteiger partial charge in [0.05, 0.1) is 12.8 Å². The van der Waals surface area contributed by atoms with Gasteiger partial charge in [0.1, 0.15) is 0 Å². The van der Waals surface area contributed by atoms with E-state index < -0.39 is 0 Å². The Balaban J connectivity index is 2.38. The number of carbonyl (C=O) groups excluding carboxylic acids is 1. The quantitative estimate of drug-likeness (QED) is 0.675. The molecule has 0 saturated heterocycles. The van der Waals surface area contributed by atoms with E-state index in [9.17, 15) is 4.79 Å². The van der Waals surface area contributed by atoms with E-state index in [0.29, 0.717) is 18.2 Å². The van der Waals surface area contributed by atoms with Crippen LogP contribution >= 0.6 is 0 Å². The highest BCUT2D eigenvalue weighted by Gasteiger charge is 2.12. The van der Waals surface area contributed by atoms with Crippen molar-refractivity contribution in [2.45, 2.75) is 20.3 Å². The molecule has 1 rings (SSSR count). The van der Waals surface area contributed by atoms with E-state index in [1.807, 2.05) is 11.9 Å². The summed E-state index contributed by atoms with van der Waals surface area (Å²) in [6.45, 7) is 5.72. The standard InChI is InChI=1S/C12H19NO2/c1-4-10(2)8-13(3)9-11(14)12-6-5-7-15-12/h5-7,10H,4,8-9H2,1-3H3. The van der Waals surface area contributed by atoms with E-state index in [1.165, 1.54) is 6.26 Å². The SMILES string of the molecule is CCC(C)CN(C)CC(=O)c1ccco1. The van der Waals surface area contributed by atoms with Gasteiger partial charge in [-0.05, 0) is 25.1 Å². The van der Waals surface area contributed by atoms with Gasteiger partial charge in [-0.15, -0.1) is 0 Å². The molecule has 0 aromatic carbocycles. The van der Waals surface area contributed by atoms with Crippen molar-refractivity contribution in [2.24, 2.45) is 5.92 Å². The molecule has 0 bridgehead atoms. The summed E-state index contributed by atoms with van der Waals surface area (Å²) in [5.41, 5.74) is 0. The van der Waals surface area contributed by atoms with Crippen LogP contribution in [0.5, 0.6) is 0 Å². The van der Waals surface area contributed by atoms with E-state index in [4.69, 9.17) is 4.42 Å². The van der Waals surface area contributed by atoms with Gasteiger partial charge < -0.3 is 4.42 Å². The number of ketones is 1. The molecular formula is C12H19NO2. The molecule has 0 fully saturated rings. The first-order valence-corrected chi connectivity index (χ1v) is 5.38. The molecule has 1 unspecified atom stereocenters. The summed E-state index contributed by atoms with van der Waals surface area (Å²) in [6.07, 6.45) is 2.67. The Morgan fingerprint density at radius 3 is 2.87 bits per heavy atom. The molecule has 3 nitrogen and oxygen atoms in total. The third-order valence-corrected chi connectivity index (χ3v) is 2.53. The molecule has 84 valence electrons. The lowest BCUT2D eigenvalue weighted by molar-refractivity contribution is 0.0911. The summed E-state index contributed by atoms with van der Waals surface area (Å²) in [5, 5.41) is 0. The van der Waals surface area contributed by atoms with Crippen molar-refractivity contribution in [1.82, 2.24) is 4.90 Å². The summed E-state index contributed by atoms with van der Waals surface area (Å²) in [6, 6.07) is 3.45. The van der Waals surface area contributed by atoms with Gasteiger partial charge in [-0.25, -0.2) is 0 Å². The Morgan fingerprint density at radius 1 is 1.60 bits per heavy atom. The number of Topliss-reactive ketones (excluding diaryl/α,β-unsaturated/α-hetero) is 1. The van der Waals surface area contributed by atoms with Gasteiger partial charge in [0, 0.05) is 6.54 Å². The normalized spacial score (nSPS) is 13.1. The Morgan fingerprint density at radius 2 is 2.33 bits per heavy atom. The predicted molar refractivity (Wildman–Crippen MR) is 60.0 cm³/mol. The van der Waals surface area contributed by atoms with E-state index in [1.54, 1.807) is 12.1 Å². The van der Waals surface area contributed by atoms with Gasteiger partial charge in [-0.1, -0.05) is 20.3 Å². The molecular weight excluding hydrogens is 190 g/mol. The molecule has 0 aliphatic carbocycles. The Hall–Kier alpha value is -1.09. The largest absolute Gasteiger partial charge is 0.461 e. The lowest BCUT2D eigenvalue weighted by atomic mass is 10.1. The maximum atomic E-state index is 11.7. The maximum absolute atomic E-state index is 11.7. The number of carbonyl (C=O) groups is 1. The molecule has 1 heterocycles. The molecule has 0 spiro atoms. The number of furan rings is 1. The molecule has 1 atom stereocenters. The minimum absolute atomic E-state index is 0.0470. The molecule has 0 N–H and O–H groups in total. The van der Waals surface area contributed by atoms with Gasteiger partial charge in [-0.2, -0.15) is 0 Å². The van der Waals surface area contributed by atoms with E-state index in [0.717, 1.165) is 13.0 Å². The van der Waals surface area contributed by atoms with E-state index >= 15 is 0 Å². The van der Waals surface area contributed by atoms with Crippen molar-refractivity contribution in [3.05, 3.63) is 24.2 Å². The minimum Gasteiger partial charge on any atom is -0.461 e. The minimum atomic E-state index is 0.0470. The van der Waals surface area contributed by atoms with Crippen LogP contribution in [-0.4, -0.2) is 30.8 Å². The topological polar surface area (TPSA) is 33.5 Å². The number of likely N-dealkylation sites (N-methyl/N-ethyl adjacent to an activating group) is 1. The second kappa shape index (κ2) is 5.71. The first kappa shape index (κ1) is 12.0. The van der Waals surface area contributed by atoms with Crippen molar-refractivity contribution in [3.8, 4) is 0 Å². The summed E-state index contributed by atoms with van der Waals surface area (Å²) in [7, 11) is 1.97. The first-order valence-electron chi connectivity index (χ1n) is 5.38. The molecule has 0 aliphatic rings. The molecule has 1 aromatic rings. The molecule has 1 aromatic heterocycles. The van der Waals surface area contributed by atoms with Gasteiger partial charge in [0.15, 0.2) is 5.76 Å². The number of rotatable bonds is 6. The lowest BCUT2D eigenvalue weighted by Gasteiger charge is -2.18. The van der Waals surface area contributed by atoms with Crippen LogP contribution in [0.15, 0.2) is 22.8 Å². The van der Waals surface area contributed by atoms with Gasteiger partial charge in [0.25, 0.3) is 0 Å². The van der Waals surface area contributed by atoms with Crippen molar-refractivity contribution in [2.75, 3.05) is 20.1 Å². The second-order valence-electron chi connectivity index (χ2n) is 4.11. The van der Waals surface area contributed by atoms with Gasteiger partial charge in [0.2, 0.25) is 5.78 Å². The van der Waals surface area contributed by atoms with E-state index in [2.05, 4.69) is 13.8 Å². The fourth-order valence-corrected chi connectivity index (χ4v) is 1.49. The van der Waals surface area contributed by atoms with Crippen LogP contribution in [0.1, 0.15) is 30.8 Å². The average molecular weight is 209 g/mol. The van der Waals surface area contributed by atoms with Gasteiger partial charge in [-0.3, -0.25) is 9.69 Å². The fraction of sp³-hybridized carbons (Fsp3) is 0.583. The number of nitrogens with zero attached hydrogens (tertiary/aromatic N) is 1. The smallest absolute Gasteiger partial charge is 0.211 e. The molecule has 0 amide bonds. The fourth-order valence-electron chi connectivity index (χ4n) is 1.49. The first-order chi connectivity index (χ1) is 7.13. The van der Waals surface area contributed by atoms with Crippen LogP contribution in [0.25, 0.3) is 0 Å². The highest BCUT2D eigenvalue weighted by Crippen LogP contribution is 2.05. The zero-order valence-electron chi connectivity index (χ0n) is 9.69. The molecule has 0 aliphatic heterocycles. The third-order valence-electron chi connectivity index (χ3n) is 2.53. The third kappa shape index (κ3) is 3.88. The summed E-state index contributed by atoms with van der Waals surface area (Å²) >= 11 is 0. The highest BCUT2D eigenvalue weighted by atomic mass is 16.3. The predicted octanol–water partition coefficient (Wildman–Crippen LogP) is 2.44. The number of hydrogen-bond acceptors (Lipinski definition) is 3. The van der Waals surface area contributed by atoms with Crippen LogP contribution in [-0.2, 0) is 0 Å². The monoisotopic (exact) mass is 209 g/mol. The summed E-state index contributed by atoms with van der Waals surface area (Å²) in [5.74, 6) is 1.12. The Kier molecular flexibility index (Phi) is 4.56. The molecule has 3 heteroatoms. The van der Waals surface area contributed by atoms with Crippen molar-refractivity contribution >= 4 is 5.78 Å². The van der Waals surface area contributed by atoms with Crippen LogP contribution in [0.4, 0.5) is 0 Å². The molecule has 15 heavy (non-hydrogen) atoms. The Bertz CT molecular complexity index is 293. The van der Waals surface area contributed by atoms with E-state index in [-0.39, 0.29) is 5.78 Å². The van der Waals surface area contributed by atoms with Crippen molar-refractivity contribution in [1.29, 1.82) is 0 Å². The molecule has 0 radical (unpaired) electrons. The average Bonchev–Trinajstić information content (AvgIpc) is 2.70. The zero-order chi connectivity index (χ0) is 11.3. The Labute approximate surface area is 91.1 Å². The van der Waals surface area contributed by atoms with Crippen LogP contribution in [0.2, 0.25) is 0 Å². The summed E-state index contributed by atoms with van der Waals surface area (Å²) in [4.78, 5) is 13.7. The number of hydrogen-bond donors (Lipinski definition) is 0. The lowest BCUT2D eigenvalue weighted by Crippen LogP contribution is -2.29. The summed E-state index contributed by atoms with van der Waals surface area (Å²) < 4.78 is 5.05. The van der Waals surface area contributed by atoms with Crippen molar-refractivity contribution < 1.29 is 9.21 Å². The van der Waals surface area contributed by atoms with Gasteiger partial charge >= 0.3 is 0 Å². The zero-order valence-corrected chi connectivity index (χ0v) is 9.69. The second-order valence-corrected chi connectivity index (χ2v) is 4.11.